The number of carbonyl (C=O) groups excluding carboxylic acids is 1. The number of halogens is 2. The summed E-state index contributed by atoms with van der Waals surface area (Å²) in [5, 5.41) is 8.70. The summed E-state index contributed by atoms with van der Waals surface area (Å²) in [6.07, 6.45) is 3.20. The molecule has 4 aromatic rings. The maximum atomic E-state index is 14.0. The number of rotatable bonds is 5. The third-order valence-corrected chi connectivity index (χ3v) is 6.25. The van der Waals surface area contributed by atoms with Crippen molar-refractivity contribution >= 4 is 39.9 Å². The molecule has 0 bridgehead atoms. The SMILES string of the molecule is CN1CCN(c2ccc(F)cc2NC(=O)c2cnc3c(cnn3Cc3cccc(Cl)c3)c2)CC1. The molecule has 1 aliphatic heterocycles. The molecule has 3 heterocycles. The molecule has 1 aliphatic rings. The molecular weight excluding hydrogens is 455 g/mol. The Bertz CT molecular complexity index is 1350. The van der Waals surface area contributed by atoms with Gasteiger partial charge < -0.3 is 15.1 Å². The zero-order valence-corrected chi connectivity index (χ0v) is 19.5. The lowest BCUT2D eigenvalue weighted by Gasteiger charge is -2.35. The largest absolute Gasteiger partial charge is 0.367 e. The Hall–Kier alpha value is -3.49. The molecule has 7 nitrogen and oxygen atoms in total. The highest BCUT2D eigenvalue weighted by molar-refractivity contribution is 6.30. The fourth-order valence-corrected chi connectivity index (χ4v) is 4.36. The number of nitrogens with one attached hydrogen (secondary N) is 1. The first-order chi connectivity index (χ1) is 16.5. The van der Waals surface area contributed by atoms with Crippen molar-refractivity contribution < 1.29 is 9.18 Å². The van der Waals surface area contributed by atoms with Crippen molar-refractivity contribution in [3.05, 3.63) is 82.9 Å². The third kappa shape index (κ3) is 4.73. The third-order valence-electron chi connectivity index (χ3n) is 6.01. The Morgan fingerprint density at radius 2 is 1.91 bits per heavy atom. The summed E-state index contributed by atoms with van der Waals surface area (Å²) >= 11 is 6.08. The van der Waals surface area contributed by atoms with E-state index in [1.54, 1.807) is 23.0 Å². The highest BCUT2D eigenvalue weighted by atomic mass is 35.5. The topological polar surface area (TPSA) is 66.3 Å². The van der Waals surface area contributed by atoms with E-state index in [1.807, 2.05) is 24.3 Å². The van der Waals surface area contributed by atoms with Gasteiger partial charge in [-0.2, -0.15) is 5.10 Å². The summed E-state index contributed by atoms with van der Waals surface area (Å²) in [5.41, 5.74) is 3.31. The van der Waals surface area contributed by atoms with Crippen molar-refractivity contribution in [2.24, 2.45) is 0 Å². The zero-order chi connectivity index (χ0) is 23.7. The molecule has 1 fully saturated rings. The number of benzene rings is 2. The molecule has 1 N–H and O–H groups in total. The molecule has 0 spiro atoms. The van der Waals surface area contributed by atoms with E-state index < -0.39 is 5.82 Å². The molecule has 0 radical (unpaired) electrons. The second kappa shape index (κ2) is 9.40. The summed E-state index contributed by atoms with van der Waals surface area (Å²) in [6, 6.07) is 13.8. The number of aromatic nitrogens is 3. The van der Waals surface area contributed by atoms with Crippen LogP contribution in [-0.2, 0) is 6.54 Å². The first kappa shape index (κ1) is 22.3. The number of nitrogens with zero attached hydrogens (tertiary/aromatic N) is 5. The maximum Gasteiger partial charge on any atom is 0.257 e. The molecule has 0 saturated carbocycles. The van der Waals surface area contributed by atoms with Gasteiger partial charge >= 0.3 is 0 Å². The van der Waals surface area contributed by atoms with Gasteiger partial charge in [0, 0.05) is 42.8 Å². The minimum atomic E-state index is -0.399. The van der Waals surface area contributed by atoms with E-state index in [2.05, 4.69) is 32.2 Å². The average molecular weight is 479 g/mol. The average Bonchev–Trinajstić information content (AvgIpc) is 3.22. The van der Waals surface area contributed by atoms with Crippen molar-refractivity contribution in [3.63, 3.8) is 0 Å². The van der Waals surface area contributed by atoms with Crippen LogP contribution in [0, 0.1) is 5.82 Å². The van der Waals surface area contributed by atoms with Gasteiger partial charge in [-0.1, -0.05) is 23.7 Å². The lowest BCUT2D eigenvalue weighted by atomic mass is 10.2. The van der Waals surface area contributed by atoms with Crippen LogP contribution >= 0.6 is 11.6 Å². The van der Waals surface area contributed by atoms with Gasteiger partial charge in [-0.25, -0.2) is 14.1 Å². The number of anilines is 2. The van der Waals surface area contributed by atoms with Crippen LogP contribution in [0.5, 0.6) is 0 Å². The van der Waals surface area contributed by atoms with Gasteiger partial charge in [0.2, 0.25) is 0 Å². The van der Waals surface area contributed by atoms with Gasteiger partial charge in [-0.3, -0.25) is 4.79 Å². The van der Waals surface area contributed by atoms with E-state index in [1.165, 1.54) is 18.3 Å². The number of likely N-dealkylation sites (N-methyl/N-ethyl adjacent to an activating group) is 1. The molecule has 5 rings (SSSR count). The molecule has 9 heteroatoms. The quantitative estimate of drug-likeness (QED) is 0.464. The van der Waals surface area contributed by atoms with E-state index in [-0.39, 0.29) is 5.91 Å². The molecule has 34 heavy (non-hydrogen) atoms. The van der Waals surface area contributed by atoms with Crippen molar-refractivity contribution in [1.29, 1.82) is 0 Å². The van der Waals surface area contributed by atoms with Gasteiger partial charge in [0.15, 0.2) is 5.65 Å². The van der Waals surface area contributed by atoms with Gasteiger partial charge in [-0.15, -0.1) is 0 Å². The summed E-state index contributed by atoms with van der Waals surface area (Å²) in [7, 11) is 2.07. The highest BCUT2D eigenvalue weighted by Gasteiger charge is 2.19. The van der Waals surface area contributed by atoms with E-state index in [4.69, 9.17) is 11.6 Å². The standard InChI is InChI=1S/C25H24ClFN6O/c1-31-7-9-32(10-8-31)23-6-5-21(27)13-22(23)30-25(34)19-12-18-15-29-33(24(18)28-14-19)16-17-3-2-4-20(26)11-17/h2-6,11-15H,7-10,16H2,1H3,(H,30,34). The lowest BCUT2D eigenvalue weighted by Crippen LogP contribution is -2.44. The van der Waals surface area contributed by atoms with Gasteiger partial charge in [0.25, 0.3) is 5.91 Å². The molecule has 1 saturated heterocycles. The lowest BCUT2D eigenvalue weighted by molar-refractivity contribution is 0.102. The molecule has 2 aromatic heterocycles. The number of pyridine rings is 1. The predicted molar refractivity (Wildman–Crippen MR) is 132 cm³/mol. The molecule has 1 amide bonds. The van der Waals surface area contributed by atoms with Crippen LogP contribution in [-0.4, -0.2) is 58.8 Å². The smallest absolute Gasteiger partial charge is 0.257 e. The fraction of sp³-hybridized carbons (Fsp3) is 0.240. The molecule has 174 valence electrons. The van der Waals surface area contributed by atoms with Crippen LogP contribution in [0.1, 0.15) is 15.9 Å². The van der Waals surface area contributed by atoms with E-state index in [0.717, 1.165) is 42.8 Å². The monoisotopic (exact) mass is 478 g/mol. The molecule has 0 aliphatic carbocycles. The minimum absolute atomic E-state index is 0.349. The summed E-state index contributed by atoms with van der Waals surface area (Å²) in [5.74, 6) is -0.748. The van der Waals surface area contributed by atoms with Crippen LogP contribution in [0.3, 0.4) is 0 Å². The second-order valence-electron chi connectivity index (χ2n) is 8.47. The number of piperazine rings is 1. The molecule has 2 aromatic carbocycles. The van der Waals surface area contributed by atoms with Crippen LogP contribution in [0.4, 0.5) is 15.8 Å². The molecule has 0 unspecified atom stereocenters. The van der Waals surface area contributed by atoms with Crippen molar-refractivity contribution in [1.82, 2.24) is 19.7 Å². The Balaban J connectivity index is 1.37. The number of amides is 1. The van der Waals surface area contributed by atoms with Gasteiger partial charge in [0.05, 0.1) is 29.7 Å². The van der Waals surface area contributed by atoms with E-state index in [9.17, 15) is 9.18 Å². The first-order valence-corrected chi connectivity index (χ1v) is 11.4. The van der Waals surface area contributed by atoms with Crippen LogP contribution in [0.2, 0.25) is 5.02 Å². The van der Waals surface area contributed by atoms with Crippen LogP contribution in [0.15, 0.2) is 60.9 Å². The number of carbonyl (C=O) groups is 1. The van der Waals surface area contributed by atoms with Crippen LogP contribution in [0.25, 0.3) is 11.0 Å². The molecule has 0 atom stereocenters. The number of hydrogen-bond donors (Lipinski definition) is 1. The van der Waals surface area contributed by atoms with E-state index in [0.29, 0.717) is 28.5 Å². The normalized spacial score (nSPS) is 14.5. The Labute approximate surface area is 201 Å². The number of fused-ring (bicyclic) bond motifs is 1. The van der Waals surface area contributed by atoms with Crippen molar-refractivity contribution in [2.45, 2.75) is 6.54 Å². The number of hydrogen-bond acceptors (Lipinski definition) is 5. The van der Waals surface area contributed by atoms with Crippen LogP contribution < -0.4 is 10.2 Å². The Morgan fingerprint density at radius 1 is 1.09 bits per heavy atom. The highest BCUT2D eigenvalue weighted by Crippen LogP contribution is 2.28. The minimum Gasteiger partial charge on any atom is -0.367 e. The Morgan fingerprint density at radius 3 is 2.71 bits per heavy atom. The van der Waals surface area contributed by atoms with Gasteiger partial charge in [0.1, 0.15) is 5.82 Å². The second-order valence-corrected chi connectivity index (χ2v) is 8.91. The first-order valence-electron chi connectivity index (χ1n) is 11.1. The summed E-state index contributed by atoms with van der Waals surface area (Å²) in [6.45, 7) is 3.95. The molecular formula is C25H24ClFN6O. The van der Waals surface area contributed by atoms with Gasteiger partial charge in [-0.05, 0) is 49.0 Å². The van der Waals surface area contributed by atoms with Crippen molar-refractivity contribution in [2.75, 3.05) is 43.4 Å². The zero-order valence-electron chi connectivity index (χ0n) is 18.7. The summed E-state index contributed by atoms with van der Waals surface area (Å²) < 4.78 is 15.8. The fourth-order valence-electron chi connectivity index (χ4n) is 4.15. The maximum absolute atomic E-state index is 14.0. The summed E-state index contributed by atoms with van der Waals surface area (Å²) in [4.78, 5) is 21.9. The van der Waals surface area contributed by atoms with E-state index >= 15 is 0 Å². The predicted octanol–water partition coefficient (Wildman–Crippen LogP) is 4.28. The Kier molecular flexibility index (Phi) is 6.17. The van der Waals surface area contributed by atoms with Crippen molar-refractivity contribution in [3.8, 4) is 0 Å².